The molecule has 0 unspecified atom stereocenters. The van der Waals surface area contributed by atoms with Crippen molar-refractivity contribution >= 4 is 23.3 Å². The zero-order valence-electron chi connectivity index (χ0n) is 26.9. The Labute approximate surface area is 265 Å². The second kappa shape index (κ2) is 16.1. The van der Waals surface area contributed by atoms with Gasteiger partial charge in [-0.25, -0.2) is 14.8 Å². The van der Waals surface area contributed by atoms with Crippen LogP contribution in [0.3, 0.4) is 0 Å². The second-order valence-electron chi connectivity index (χ2n) is 11.2. The minimum absolute atomic E-state index is 0.122. The van der Waals surface area contributed by atoms with Gasteiger partial charge in [-0.15, -0.1) is 0 Å². The normalized spacial score (nSPS) is 13.8. The van der Waals surface area contributed by atoms with Crippen LogP contribution in [0.25, 0.3) is 0 Å². The van der Waals surface area contributed by atoms with Crippen molar-refractivity contribution in [3.8, 4) is 23.0 Å². The number of carbonyl (C=O) groups is 2. The van der Waals surface area contributed by atoms with E-state index in [4.69, 9.17) is 24.7 Å². The van der Waals surface area contributed by atoms with Crippen molar-refractivity contribution in [2.75, 3.05) is 58.3 Å². The van der Waals surface area contributed by atoms with E-state index < -0.39 is 6.03 Å². The van der Waals surface area contributed by atoms with Crippen molar-refractivity contribution in [1.29, 1.82) is 0 Å². The lowest BCUT2D eigenvalue weighted by Crippen LogP contribution is -2.45. The smallest absolute Gasteiger partial charge is 0.334 e. The first-order valence-corrected chi connectivity index (χ1v) is 15.3. The number of unbranched alkanes of at least 4 members (excludes halogenated alkanes) is 1. The summed E-state index contributed by atoms with van der Waals surface area (Å²) in [4.78, 5) is 27.5. The summed E-state index contributed by atoms with van der Waals surface area (Å²) in [5.41, 5.74) is 7.89. The first-order valence-electron chi connectivity index (χ1n) is 15.3. The fraction of sp³-hybridized carbons (Fsp3) is 0.412. The van der Waals surface area contributed by atoms with Crippen LogP contribution in [0.1, 0.15) is 48.5 Å². The Morgan fingerprint density at radius 2 is 1.67 bits per heavy atom. The van der Waals surface area contributed by atoms with Crippen molar-refractivity contribution < 1.29 is 28.5 Å². The number of hydrogen-bond donors (Lipinski definition) is 2. The van der Waals surface area contributed by atoms with Gasteiger partial charge in [0.25, 0.3) is 5.91 Å². The van der Waals surface area contributed by atoms with E-state index in [1.807, 2.05) is 6.07 Å². The third-order valence-corrected chi connectivity index (χ3v) is 7.62. The monoisotopic (exact) mass is 619 g/mol. The van der Waals surface area contributed by atoms with Crippen LogP contribution >= 0.6 is 0 Å². The second-order valence-corrected chi connectivity index (χ2v) is 11.2. The van der Waals surface area contributed by atoms with E-state index >= 15 is 0 Å². The molecule has 11 nitrogen and oxygen atoms in total. The average molecular weight is 620 g/mol. The number of ether oxygens (including phenoxy) is 4. The van der Waals surface area contributed by atoms with Crippen LogP contribution in [0, 0.1) is 0 Å². The molecule has 3 aromatic rings. The summed E-state index contributed by atoms with van der Waals surface area (Å²) < 4.78 is 23.4. The standard InChI is InChI=1S/C34H45N5O6/c1-6-7-18-38-19-16-29(17-20-38)45-31-14-8-24(22-32(31)43-5)33(40)36-26-9-15-30(25(21-26)23-42-4)44-28-12-10-27(11-13-28)39(34(35)41)37(2)3/h8-15,21-22,29H,6-7,16-20,23H2,1-5H3,(H2,35,41)(H,36,40). The summed E-state index contributed by atoms with van der Waals surface area (Å²) in [5.74, 6) is 2.02. The molecule has 0 radical (unpaired) electrons. The third kappa shape index (κ3) is 9.10. The van der Waals surface area contributed by atoms with E-state index in [-0.39, 0.29) is 18.6 Å². The molecule has 0 bridgehead atoms. The first kappa shape index (κ1) is 33.6. The first-order chi connectivity index (χ1) is 21.7. The molecule has 4 rings (SSSR count). The highest BCUT2D eigenvalue weighted by molar-refractivity contribution is 6.04. The largest absolute Gasteiger partial charge is 0.493 e. The number of hydrogen-bond acceptors (Lipinski definition) is 8. The molecule has 0 atom stereocenters. The Hall–Kier alpha value is -4.32. The maximum absolute atomic E-state index is 13.2. The third-order valence-electron chi connectivity index (χ3n) is 7.62. The van der Waals surface area contributed by atoms with E-state index in [0.29, 0.717) is 39.9 Å². The topological polar surface area (TPSA) is 119 Å². The average Bonchev–Trinajstić information content (AvgIpc) is 3.02. The summed E-state index contributed by atoms with van der Waals surface area (Å²) in [6.45, 7) is 5.68. The van der Waals surface area contributed by atoms with E-state index in [2.05, 4.69) is 17.1 Å². The predicted octanol–water partition coefficient (Wildman–Crippen LogP) is 5.89. The zero-order valence-corrected chi connectivity index (χ0v) is 26.9. The van der Waals surface area contributed by atoms with Crippen molar-refractivity contribution in [3.63, 3.8) is 0 Å². The minimum atomic E-state index is -0.592. The molecule has 1 aliphatic heterocycles. The van der Waals surface area contributed by atoms with Gasteiger partial charge in [0.2, 0.25) is 0 Å². The number of urea groups is 1. The Bertz CT molecular complexity index is 1420. The number of amides is 3. The van der Waals surface area contributed by atoms with Crippen LogP contribution in [0.2, 0.25) is 0 Å². The number of likely N-dealkylation sites (tertiary alicyclic amines) is 1. The van der Waals surface area contributed by atoms with Gasteiger partial charge in [0.15, 0.2) is 11.5 Å². The summed E-state index contributed by atoms with van der Waals surface area (Å²) >= 11 is 0. The van der Waals surface area contributed by atoms with Crippen LogP contribution in [0.5, 0.6) is 23.0 Å². The highest BCUT2D eigenvalue weighted by Gasteiger charge is 2.22. The molecule has 3 amide bonds. The van der Waals surface area contributed by atoms with Gasteiger partial charge in [-0.3, -0.25) is 4.79 Å². The quantitative estimate of drug-likeness (QED) is 0.215. The van der Waals surface area contributed by atoms with Gasteiger partial charge in [0, 0.05) is 51.1 Å². The van der Waals surface area contributed by atoms with Gasteiger partial charge in [-0.05, 0) is 86.5 Å². The summed E-state index contributed by atoms with van der Waals surface area (Å²) in [7, 11) is 6.63. The fourth-order valence-corrected chi connectivity index (χ4v) is 5.28. The molecular formula is C34H45N5O6. The maximum Gasteiger partial charge on any atom is 0.334 e. The molecule has 0 saturated carbocycles. The predicted molar refractivity (Wildman–Crippen MR) is 175 cm³/mol. The highest BCUT2D eigenvalue weighted by atomic mass is 16.5. The number of rotatable bonds is 14. The molecule has 11 heteroatoms. The van der Waals surface area contributed by atoms with Gasteiger partial charge in [0.1, 0.15) is 17.6 Å². The van der Waals surface area contributed by atoms with Gasteiger partial charge < -0.3 is 34.9 Å². The molecule has 45 heavy (non-hydrogen) atoms. The van der Waals surface area contributed by atoms with Gasteiger partial charge >= 0.3 is 6.03 Å². The molecule has 1 aliphatic rings. The molecule has 3 aromatic carbocycles. The number of primary amides is 1. The van der Waals surface area contributed by atoms with Crippen LogP contribution in [-0.4, -0.2) is 75.9 Å². The molecule has 0 aliphatic carbocycles. The molecule has 0 spiro atoms. The SMILES string of the molecule is CCCCN1CCC(Oc2ccc(C(=O)Nc3ccc(Oc4ccc(N(C(N)=O)N(C)C)cc4)c(COC)c3)cc2OC)CC1. The lowest BCUT2D eigenvalue weighted by Gasteiger charge is -2.32. The Balaban J connectivity index is 1.41. The molecule has 242 valence electrons. The van der Waals surface area contributed by atoms with Gasteiger partial charge in [-0.2, -0.15) is 0 Å². The zero-order chi connectivity index (χ0) is 32.3. The summed E-state index contributed by atoms with van der Waals surface area (Å²) in [6, 6.07) is 17.0. The molecule has 1 heterocycles. The van der Waals surface area contributed by atoms with E-state index in [1.54, 1.807) is 87.9 Å². The van der Waals surface area contributed by atoms with Crippen molar-refractivity contribution in [2.45, 2.75) is 45.3 Å². The van der Waals surface area contributed by atoms with Gasteiger partial charge in [0.05, 0.1) is 19.4 Å². The maximum atomic E-state index is 13.2. The van der Waals surface area contributed by atoms with E-state index in [1.165, 1.54) is 17.9 Å². The summed E-state index contributed by atoms with van der Waals surface area (Å²) in [5, 5.41) is 5.89. The number of benzene rings is 3. The van der Waals surface area contributed by atoms with Crippen LogP contribution < -0.4 is 30.3 Å². The fourth-order valence-electron chi connectivity index (χ4n) is 5.28. The van der Waals surface area contributed by atoms with Crippen molar-refractivity contribution in [2.24, 2.45) is 5.73 Å². The van der Waals surface area contributed by atoms with Crippen LogP contribution in [0.15, 0.2) is 60.7 Å². The number of carbonyl (C=O) groups excluding carboxylic acids is 2. The Kier molecular flexibility index (Phi) is 12.0. The van der Waals surface area contributed by atoms with Crippen LogP contribution in [0.4, 0.5) is 16.2 Å². The number of nitrogens with one attached hydrogen (secondary N) is 1. The lowest BCUT2D eigenvalue weighted by molar-refractivity contribution is 0.0971. The van der Waals surface area contributed by atoms with Crippen molar-refractivity contribution in [3.05, 3.63) is 71.8 Å². The van der Waals surface area contributed by atoms with Crippen molar-refractivity contribution in [1.82, 2.24) is 9.91 Å². The molecular weight excluding hydrogens is 574 g/mol. The number of nitrogens with two attached hydrogens (primary N) is 1. The molecule has 1 fully saturated rings. The molecule has 0 aromatic heterocycles. The van der Waals surface area contributed by atoms with E-state index in [9.17, 15) is 9.59 Å². The number of nitrogens with zero attached hydrogens (tertiary/aromatic N) is 3. The number of anilines is 2. The van der Waals surface area contributed by atoms with Crippen LogP contribution in [-0.2, 0) is 11.3 Å². The lowest BCUT2D eigenvalue weighted by atomic mass is 10.1. The summed E-state index contributed by atoms with van der Waals surface area (Å²) in [6.07, 6.45) is 4.48. The van der Waals surface area contributed by atoms with E-state index in [0.717, 1.165) is 38.0 Å². The number of piperidine rings is 1. The molecule has 3 N–H and O–H groups in total. The highest BCUT2D eigenvalue weighted by Crippen LogP contribution is 2.33. The number of methoxy groups -OCH3 is 2. The Morgan fingerprint density at radius 1 is 0.956 bits per heavy atom. The van der Waals surface area contributed by atoms with Gasteiger partial charge in [-0.1, -0.05) is 13.3 Å². The Morgan fingerprint density at radius 3 is 2.29 bits per heavy atom. The number of hydrazine groups is 1. The molecule has 1 saturated heterocycles. The minimum Gasteiger partial charge on any atom is -0.493 e.